The number of H-pyrrole nitrogens is 1. The summed E-state index contributed by atoms with van der Waals surface area (Å²) in [6.45, 7) is 0. The molecule has 0 aliphatic heterocycles. The van der Waals surface area contributed by atoms with Crippen LogP contribution in [0.15, 0.2) is 6.20 Å². The first-order chi connectivity index (χ1) is 4.74. The van der Waals surface area contributed by atoms with Gasteiger partial charge >= 0.3 is 0 Å². The number of nitrogens with one attached hydrogen (secondary N) is 1. The van der Waals surface area contributed by atoms with Crippen molar-refractivity contribution in [3.8, 4) is 12.3 Å². The maximum atomic E-state index is 5.37. The molecule has 0 aliphatic carbocycles. The molecule has 10 heavy (non-hydrogen) atoms. The lowest BCUT2D eigenvalue weighted by Crippen LogP contribution is -1.96. The monoisotopic (exact) mass is 151 g/mol. The molecule has 0 radical (unpaired) electrons. The molecule has 0 saturated heterocycles. The van der Waals surface area contributed by atoms with E-state index in [0.717, 1.165) is 0 Å². The number of terminal acetylenes is 1. The highest BCUT2D eigenvalue weighted by molar-refractivity contribution is 7.71. The summed E-state index contributed by atoms with van der Waals surface area (Å²) < 4.78 is 0.488. The first-order valence-electron chi connectivity index (χ1n) is 2.55. The van der Waals surface area contributed by atoms with Gasteiger partial charge in [-0.25, -0.2) is 4.98 Å². The second kappa shape index (κ2) is 2.50. The summed E-state index contributed by atoms with van der Waals surface area (Å²) in [7, 11) is 0. The molecule has 3 N–H and O–H groups in total. The Morgan fingerprint density at radius 1 is 1.80 bits per heavy atom. The fourth-order valence-electron chi connectivity index (χ4n) is 0.522. The summed E-state index contributed by atoms with van der Waals surface area (Å²) in [5.74, 6) is 2.63. The van der Waals surface area contributed by atoms with E-state index in [1.165, 1.54) is 6.20 Å². The molecular formula is C6H5N3S. The van der Waals surface area contributed by atoms with E-state index in [9.17, 15) is 0 Å². The third kappa shape index (κ3) is 1.14. The van der Waals surface area contributed by atoms with Crippen LogP contribution >= 0.6 is 12.2 Å². The lowest BCUT2D eigenvalue weighted by Gasteiger charge is -1.93. The Morgan fingerprint density at radius 3 is 3.00 bits per heavy atom. The second-order valence-electron chi connectivity index (χ2n) is 1.65. The van der Waals surface area contributed by atoms with E-state index in [1.807, 2.05) is 0 Å². The normalized spacial score (nSPS) is 8.70. The van der Waals surface area contributed by atoms with Gasteiger partial charge in [0.15, 0.2) is 5.82 Å². The Kier molecular flexibility index (Phi) is 1.69. The molecule has 1 aromatic rings. The zero-order chi connectivity index (χ0) is 7.56. The van der Waals surface area contributed by atoms with Crippen LogP contribution < -0.4 is 5.73 Å². The molecule has 0 saturated carbocycles. The average Bonchev–Trinajstić information content (AvgIpc) is 1.94. The van der Waals surface area contributed by atoms with Crippen molar-refractivity contribution >= 4 is 18.0 Å². The smallest absolute Gasteiger partial charge is 0.156 e. The summed E-state index contributed by atoms with van der Waals surface area (Å²) in [6.07, 6.45) is 6.52. The van der Waals surface area contributed by atoms with Crippen LogP contribution in [0.4, 0.5) is 5.82 Å². The Morgan fingerprint density at radius 2 is 2.50 bits per heavy atom. The quantitative estimate of drug-likeness (QED) is 0.424. The van der Waals surface area contributed by atoms with Crippen LogP contribution in [-0.4, -0.2) is 9.97 Å². The average molecular weight is 151 g/mol. The first kappa shape index (κ1) is 6.78. The van der Waals surface area contributed by atoms with Gasteiger partial charge in [0.05, 0.1) is 6.20 Å². The molecule has 3 nitrogen and oxygen atoms in total. The van der Waals surface area contributed by atoms with Crippen molar-refractivity contribution in [3.63, 3.8) is 0 Å². The minimum absolute atomic E-state index is 0.302. The highest BCUT2D eigenvalue weighted by Crippen LogP contribution is 2.00. The summed E-state index contributed by atoms with van der Waals surface area (Å²) in [4.78, 5) is 6.47. The molecule has 1 rings (SSSR count). The van der Waals surface area contributed by atoms with Crippen LogP contribution in [0, 0.1) is 17.0 Å². The second-order valence-corrected chi connectivity index (χ2v) is 2.09. The third-order valence-corrected chi connectivity index (χ3v) is 1.18. The lowest BCUT2D eigenvalue weighted by molar-refractivity contribution is 1.17. The zero-order valence-electron chi connectivity index (χ0n) is 5.09. The molecule has 0 unspecified atom stereocenters. The molecule has 0 aliphatic rings. The number of hydrogen-bond donors (Lipinski definition) is 2. The van der Waals surface area contributed by atoms with Crippen LogP contribution in [0.2, 0.25) is 0 Å². The molecule has 50 valence electrons. The third-order valence-electron chi connectivity index (χ3n) is 0.970. The van der Waals surface area contributed by atoms with Crippen molar-refractivity contribution in [2.45, 2.75) is 0 Å². The van der Waals surface area contributed by atoms with Gasteiger partial charge in [-0.2, -0.15) is 0 Å². The fourth-order valence-corrected chi connectivity index (χ4v) is 0.677. The van der Waals surface area contributed by atoms with Gasteiger partial charge in [0.25, 0.3) is 0 Å². The molecule has 0 fully saturated rings. The van der Waals surface area contributed by atoms with Crippen molar-refractivity contribution in [2.75, 3.05) is 5.73 Å². The Bertz CT molecular complexity index is 334. The molecule has 0 amide bonds. The van der Waals surface area contributed by atoms with E-state index in [1.54, 1.807) is 0 Å². The van der Waals surface area contributed by atoms with E-state index in [2.05, 4.69) is 15.9 Å². The van der Waals surface area contributed by atoms with E-state index < -0.39 is 0 Å². The summed E-state index contributed by atoms with van der Waals surface area (Å²) in [5, 5.41) is 0. The number of aromatic amines is 1. The SMILES string of the molecule is C#Cc1[nH]c(=S)cnc1N. The number of aromatic nitrogens is 2. The van der Waals surface area contributed by atoms with Gasteiger partial charge < -0.3 is 10.7 Å². The van der Waals surface area contributed by atoms with E-state index in [0.29, 0.717) is 16.2 Å². The molecule has 0 spiro atoms. The predicted molar refractivity (Wildman–Crippen MR) is 41.8 cm³/mol. The van der Waals surface area contributed by atoms with Crippen molar-refractivity contribution in [1.82, 2.24) is 9.97 Å². The van der Waals surface area contributed by atoms with Crippen molar-refractivity contribution in [2.24, 2.45) is 0 Å². The van der Waals surface area contributed by atoms with Crippen LogP contribution in [0.3, 0.4) is 0 Å². The van der Waals surface area contributed by atoms with Gasteiger partial charge in [-0.15, -0.1) is 6.42 Å². The Labute approximate surface area is 63.3 Å². The topological polar surface area (TPSA) is 54.7 Å². The predicted octanol–water partition coefficient (Wildman–Crippen LogP) is 0.703. The summed E-state index contributed by atoms with van der Waals surface area (Å²) >= 11 is 4.76. The largest absolute Gasteiger partial charge is 0.381 e. The van der Waals surface area contributed by atoms with Crippen molar-refractivity contribution < 1.29 is 0 Å². The van der Waals surface area contributed by atoms with Gasteiger partial charge in [0, 0.05) is 0 Å². The number of nitrogens with two attached hydrogens (primary N) is 1. The highest BCUT2D eigenvalue weighted by atomic mass is 32.1. The Balaban J connectivity index is 3.40. The van der Waals surface area contributed by atoms with Crippen LogP contribution in [0.25, 0.3) is 0 Å². The van der Waals surface area contributed by atoms with Gasteiger partial charge in [-0.3, -0.25) is 0 Å². The van der Waals surface area contributed by atoms with Crippen LogP contribution in [-0.2, 0) is 0 Å². The first-order valence-corrected chi connectivity index (χ1v) is 2.96. The van der Waals surface area contributed by atoms with E-state index in [-0.39, 0.29) is 0 Å². The van der Waals surface area contributed by atoms with Gasteiger partial charge in [0.1, 0.15) is 10.3 Å². The standard InChI is InChI=1S/C6H5N3S/c1-2-4-6(7)8-3-5(10)9-4/h1,3H,(H2,7,8)(H,9,10). The van der Waals surface area contributed by atoms with Gasteiger partial charge in [-0.05, 0) is 5.92 Å². The number of anilines is 1. The molecule has 1 aromatic heterocycles. The molecular weight excluding hydrogens is 146 g/mol. The number of nitrogens with zero attached hydrogens (tertiary/aromatic N) is 1. The molecule has 4 heteroatoms. The maximum absolute atomic E-state index is 5.37. The summed E-state index contributed by atoms with van der Waals surface area (Å²) in [5.41, 5.74) is 5.81. The van der Waals surface area contributed by atoms with Crippen molar-refractivity contribution in [1.29, 1.82) is 0 Å². The molecule has 0 aromatic carbocycles. The zero-order valence-corrected chi connectivity index (χ0v) is 5.90. The number of rotatable bonds is 0. The number of nitrogen functional groups attached to an aromatic ring is 1. The summed E-state index contributed by atoms with van der Waals surface area (Å²) in [6, 6.07) is 0. The minimum atomic E-state index is 0.302. The highest BCUT2D eigenvalue weighted by Gasteiger charge is 1.92. The molecule has 1 heterocycles. The molecule has 0 atom stereocenters. The van der Waals surface area contributed by atoms with Gasteiger partial charge in [-0.1, -0.05) is 12.2 Å². The minimum Gasteiger partial charge on any atom is -0.381 e. The van der Waals surface area contributed by atoms with Crippen molar-refractivity contribution in [3.05, 3.63) is 16.5 Å². The molecule has 0 bridgehead atoms. The maximum Gasteiger partial charge on any atom is 0.156 e. The van der Waals surface area contributed by atoms with Crippen LogP contribution in [0.1, 0.15) is 5.69 Å². The van der Waals surface area contributed by atoms with E-state index >= 15 is 0 Å². The van der Waals surface area contributed by atoms with Gasteiger partial charge in [0.2, 0.25) is 0 Å². The number of hydrogen-bond acceptors (Lipinski definition) is 3. The van der Waals surface area contributed by atoms with Crippen LogP contribution in [0.5, 0.6) is 0 Å². The fraction of sp³-hybridized carbons (Fsp3) is 0. The lowest BCUT2D eigenvalue weighted by atomic mass is 10.4. The Hall–Kier alpha value is -1.34. The van der Waals surface area contributed by atoms with E-state index in [4.69, 9.17) is 24.4 Å².